The highest BCUT2D eigenvalue weighted by Crippen LogP contribution is 2.12. The third-order valence-electron chi connectivity index (χ3n) is 2.39. The first-order valence-corrected chi connectivity index (χ1v) is 4.75. The van der Waals surface area contributed by atoms with E-state index in [1.807, 2.05) is 18.2 Å². The van der Waals surface area contributed by atoms with Crippen molar-refractivity contribution in [1.82, 2.24) is 9.88 Å². The molecular formula is C10H13N3O. The molecule has 1 amide bonds. The second kappa shape index (κ2) is 4.09. The van der Waals surface area contributed by atoms with E-state index in [2.05, 4.69) is 10.3 Å². The standard InChI is InChI=1S/C10H13N3O/c14-8-13-6-4-9(7-13)12-10-3-1-2-5-11-10/h1-3,5,8-9H,4,6-7H2,(H,11,12). The zero-order chi connectivity index (χ0) is 9.80. The molecule has 1 aliphatic rings. The van der Waals surface area contributed by atoms with E-state index in [1.165, 1.54) is 0 Å². The predicted octanol–water partition coefficient (Wildman–Crippen LogP) is 0.724. The van der Waals surface area contributed by atoms with E-state index in [1.54, 1.807) is 11.1 Å². The van der Waals surface area contributed by atoms with Crippen molar-refractivity contribution in [3.8, 4) is 0 Å². The molecule has 0 saturated carbocycles. The summed E-state index contributed by atoms with van der Waals surface area (Å²) >= 11 is 0. The Morgan fingerprint density at radius 1 is 1.57 bits per heavy atom. The number of hydrogen-bond acceptors (Lipinski definition) is 3. The SMILES string of the molecule is O=CN1CCC(Nc2ccccn2)C1. The average Bonchev–Trinajstić information content (AvgIpc) is 2.67. The molecule has 14 heavy (non-hydrogen) atoms. The van der Waals surface area contributed by atoms with E-state index in [-0.39, 0.29) is 0 Å². The fourth-order valence-corrected chi connectivity index (χ4v) is 1.66. The van der Waals surface area contributed by atoms with Crippen LogP contribution in [0.1, 0.15) is 6.42 Å². The van der Waals surface area contributed by atoms with Crippen molar-refractivity contribution in [3.05, 3.63) is 24.4 Å². The molecule has 2 rings (SSSR count). The molecule has 0 radical (unpaired) electrons. The molecule has 4 heteroatoms. The first kappa shape index (κ1) is 8.99. The van der Waals surface area contributed by atoms with Gasteiger partial charge in [-0.25, -0.2) is 4.98 Å². The summed E-state index contributed by atoms with van der Waals surface area (Å²) in [6, 6.07) is 6.11. The number of aromatic nitrogens is 1. The highest BCUT2D eigenvalue weighted by Gasteiger charge is 2.20. The number of nitrogens with zero attached hydrogens (tertiary/aromatic N) is 2. The predicted molar refractivity (Wildman–Crippen MR) is 53.9 cm³/mol. The molecule has 0 spiro atoms. The molecular weight excluding hydrogens is 178 g/mol. The number of likely N-dealkylation sites (tertiary alicyclic amines) is 1. The van der Waals surface area contributed by atoms with E-state index in [0.717, 1.165) is 31.7 Å². The van der Waals surface area contributed by atoms with Crippen LogP contribution in [0.4, 0.5) is 5.82 Å². The van der Waals surface area contributed by atoms with E-state index in [9.17, 15) is 4.79 Å². The lowest BCUT2D eigenvalue weighted by Gasteiger charge is -2.12. The van der Waals surface area contributed by atoms with Crippen LogP contribution >= 0.6 is 0 Å². The van der Waals surface area contributed by atoms with Gasteiger partial charge in [0.25, 0.3) is 0 Å². The summed E-state index contributed by atoms with van der Waals surface area (Å²) in [4.78, 5) is 16.4. The summed E-state index contributed by atoms with van der Waals surface area (Å²) in [6.45, 7) is 1.62. The van der Waals surface area contributed by atoms with Gasteiger partial charge in [0.1, 0.15) is 5.82 Å². The van der Waals surface area contributed by atoms with Crippen LogP contribution in [0.5, 0.6) is 0 Å². The second-order valence-electron chi connectivity index (χ2n) is 3.45. The zero-order valence-corrected chi connectivity index (χ0v) is 7.89. The number of nitrogens with one attached hydrogen (secondary N) is 1. The Labute approximate surface area is 82.9 Å². The van der Waals surface area contributed by atoms with Gasteiger partial charge < -0.3 is 10.2 Å². The minimum Gasteiger partial charge on any atom is -0.365 e. The fourth-order valence-electron chi connectivity index (χ4n) is 1.66. The number of carbonyl (C=O) groups is 1. The molecule has 1 N–H and O–H groups in total. The van der Waals surface area contributed by atoms with Gasteiger partial charge in [0, 0.05) is 25.3 Å². The highest BCUT2D eigenvalue weighted by molar-refractivity contribution is 5.48. The Kier molecular flexibility index (Phi) is 2.62. The van der Waals surface area contributed by atoms with Gasteiger partial charge in [-0.05, 0) is 18.6 Å². The zero-order valence-electron chi connectivity index (χ0n) is 7.89. The number of pyridine rings is 1. The quantitative estimate of drug-likeness (QED) is 0.716. The normalized spacial score (nSPS) is 20.9. The maximum atomic E-state index is 10.5. The topological polar surface area (TPSA) is 45.2 Å². The van der Waals surface area contributed by atoms with Crippen molar-refractivity contribution >= 4 is 12.2 Å². The molecule has 1 aromatic rings. The van der Waals surface area contributed by atoms with Crippen molar-refractivity contribution in [2.45, 2.75) is 12.5 Å². The minimum atomic E-state index is 0.343. The van der Waals surface area contributed by atoms with Crippen molar-refractivity contribution in [1.29, 1.82) is 0 Å². The average molecular weight is 191 g/mol. The molecule has 1 unspecified atom stereocenters. The minimum absolute atomic E-state index is 0.343. The molecule has 1 aliphatic heterocycles. The monoisotopic (exact) mass is 191 g/mol. The molecule has 1 atom stereocenters. The molecule has 1 fully saturated rings. The first-order valence-electron chi connectivity index (χ1n) is 4.75. The molecule has 0 aliphatic carbocycles. The number of amides is 1. The molecule has 4 nitrogen and oxygen atoms in total. The maximum absolute atomic E-state index is 10.5. The van der Waals surface area contributed by atoms with Gasteiger partial charge in [0.2, 0.25) is 6.41 Å². The number of hydrogen-bond donors (Lipinski definition) is 1. The van der Waals surface area contributed by atoms with E-state index in [4.69, 9.17) is 0 Å². The summed E-state index contributed by atoms with van der Waals surface area (Å²) in [5.74, 6) is 0.880. The Morgan fingerprint density at radius 2 is 2.50 bits per heavy atom. The van der Waals surface area contributed by atoms with Gasteiger partial charge in [0.15, 0.2) is 0 Å². The van der Waals surface area contributed by atoms with Crippen LogP contribution in [0.25, 0.3) is 0 Å². The van der Waals surface area contributed by atoms with Crippen molar-refractivity contribution in [3.63, 3.8) is 0 Å². The summed E-state index contributed by atoms with van der Waals surface area (Å²) in [6.07, 6.45) is 3.66. The lowest BCUT2D eigenvalue weighted by Crippen LogP contribution is -2.25. The fraction of sp³-hybridized carbons (Fsp3) is 0.400. The molecule has 2 heterocycles. The molecule has 1 saturated heterocycles. The van der Waals surface area contributed by atoms with Gasteiger partial charge in [0.05, 0.1) is 0 Å². The van der Waals surface area contributed by atoms with Crippen LogP contribution in [0.15, 0.2) is 24.4 Å². The van der Waals surface area contributed by atoms with Crippen LogP contribution in [-0.2, 0) is 4.79 Å². The molecule has 0 aromatic carbocycles. The number of rotatable bonds is 3. The van der Waals surface area contributed by atoms with E-state index < -0.39 is 0 Å². The third-order valence-corrected chi connectivity index (χ3v) is 2.39. The Hall–Kier alpha value is -1.58. The largest absolute Gasteiger partial charge is 0.365 e. The summed E-state index contributed by atoms with van der Waals surface area (Å²) in [5, 5.41) is 3.29. The Morgan fingerprint density at radius 3 is 3.14 bits per heavy atom. The summed E-state index contributed by atoms with van der Waals surface area (Å²) in [5.41, 5.74) is 0. The van der Waals surface area contributed by atoms with Gasteiger partial charge in [-0.3, -0.25) is 4.79 Å². The highest BCUT2D eigenvalue weighted by atomic mass is 16.1. The van der Waals surface area contributed by atoms with Crippen LogP contribution < -0.4 is 5.32 Å². The van der Waals surface area contributed by atoms with Crippen molar-refractivity contribution < 1.29 is 4.79 Å². The Bertz CT molecular complexity index is 301. The van der Waals surface area contributed by atoms with E-state index in [0.29, 0.717) is 6.04 Å². The summed E-state index contributed by atoms with van der Waals surface area (Å²) < 4.78 is 0. The molecule has 0 bridgehead atoms. The van der Waals surface area contributed by atoms with Gasteiger partial charge in [-0.15, -0.1) is 0 Å². The van der Waals surface area contributed by atoms with Crippen molar-refractivity contribution in [2.24, 2.45) is 0 Å². The Balaban J connectivity index is 1.90. The number of carbonyl (C=O) groups excluding carboxylic acids is 1. The van der Waals surface area contributed by atoms with Crippen LogP contribution in [0, 0.1) is 0 Å². The maximum Gasteiger partial charge on any atom is 0.209 e. The van der Waals surface area contributed by atoms with Gasteiger partial charge >= 0.3 is 0 Å². The lowest BCUT2D eigenvalue weighted by atomic mass is 10.2. The van der Waals surface area contributed by atoms with E-state index >= 15 is 0 Å². The molecule has 74 valence electrons. The molecule has 1 aromatic heterocycles. The van der Waals surface area contributed by atoms with Gasteiger partial charge in [-0.1, -0.05) is 6.07 Å². The van der Waals surface area contributed by atoms with Crippen molar-refractivity contribution in [2.75, 3.05) is 18.4 Å². The first-order chi connectivity index (χ1) is 6.88. The van der Waals surface area contributed by atoms with Crippen LogP contribution in [0.2, 0.25) is 0 Å². The second-order valence-corrected chi connectivity index (χ2v) is 3.45. The third kappa shape index (κ3) is 2.02. The smallest absolute Gasteiger partial charge is 0.209 e. The number of anilines is 1. The lowest BCUT2D eigenvalue weighted by molar-refractivity contribution is -0.117. The van der Waals surface area contributed by atoms with Gasteiger partial charge in [-0.2, -0.15) is 0 Å². The van der Waals surface area contributed by atoms with Crippen LogP contribution in [-0.4, -0.2) is 35.4 Å². The summed E-state index contributed by atoms with van der Waals surface area (Å²) in [7, 11) is 0. The van der Waals surface area contributed by atoms with Crippen LogP contribution in [0.3, 0.4) is 0 Å².